The summed E-state index contributed by atoms with van der Waals surface area (Å²) in [5.41, 5.74) is 0. The van der Waals surface area contributed by atoms with E-state index in [9.17, 15) is 8.78 Å². The van der Waals surface area contributed by atoms with Crippen molar-refractivity contribution in [3.05, 3.63) is 29.8 Å². The summed E-state index contributed by atoms with van der Waals surface area (Å²) in [6, 6.07) is 4.03. The van der Waals surface area contributed by atoms with Crippen LogP contribution in [-0.2, 0) is 0 Å². The second-order valence-electron chi connectivity index (χ2n) is 4.39. The van der Waals surface area contributed by atoms with Crippen LogP contribution in [0.1, 0.15) is 20.8 Å². The molecule has 0 aliphatic carbocycles. The Hall–Kier alpha value is -1.16. The van der Waals surface area contributed by atoms with Gasteiger partial charge in [-0.05, 0) is 25.0 Å². The molecule has 1 aromatic carbocycles. The Morgan fingerprint density at radius 2 is 1.76 bits per heavy atom. The van der Waals surface area contributed by atoms with Gasteiger partial charge < -0.3 is 10.1 Å². The molecule has 4 heteroatoms. The molecule has 17 heavy (non-hydrogen) atoms. The summed E-state index contributed by atoms with van der Waals surface area (Å²) in [7, 11) is 0. The second-order valence-corrected chi connectivity index (χ2v) is 4.39. The Kier molecular flexibility index (Phi) is 5.35. The van der Waals surface area contributed by atoms with E-state index < -0.39 is 11.6 Å². The lowest BCUT2D eigenvalue weighted by atomic mass is 10.1. The van der Waals surface area contributed by atoms with Gasteiger partial charge in [0.15, 0.2) is 17.4 Å². The van der Waals surface area contributed by atoms with E-state index in [-0.39, 0.29) is 12.4 Å². The number of ether oxygens (including phenoxy) is 1. The van der Waals surface area contributed by atoms with Gasteiger partial charge in [0.05, 0.1) is 0 Å². The number of halogens is 2. The van der Waals surface area contributed by atoms with E-state index in [1.807, 2.05) is 0 Å². The molecule has 0 heterocycles. The van der Waals surface area contributed by atoms with E-state index in [4.69, 9.17) is 4.74 Å². The van der Waals surface area contributed by atoms with Crippen molar-refractivity contribution in [3.63, 3.8) is 0 Å². The van der Waals surface area contributed by atoms with Crippen molar-refractivity contribution in [2.75, 3.05) is 13.2 Å². The monoisotopic (exact) mass is 243 g/mol. The zero-order chi connectivity index (χ0) is 12.8. The van der Waals surface area contributed by atoms with E-state index in [0.29, 0.717) is 18.5 Å². The molecule has 0 aliphatic rings. The van der Waals surface area contributed by atoms with Crippen molar-refractivity contribution in [2.45, 2.75) is 26.8 Å². The Balaban J connectivity index is 2.36. The quantitative estimate of drug-likeness (QED) is 0.775. The molecule has 1 N–H and O–H groups in total. The topological polar surface area (TPSA) is 21.3 Å². The van der Waals surface area contributed by atoms with Crippen LogP contribution in [0.15, 0.2) is 18.2 Å². The minimum absolute atomic E-state index is 0.245. The number of benzene rings is 1. The van der Waals surface area contributed by atoms with Gasteiger partial charge in [-0.2, -0.15) is 0 Å². The standard InChI is InChI=1S/C13H19F2NO/c1-9(2)10(3)16-7-8-17-13-11(14)5-4-6-12(13)15/h4-6,9-10,16H,7-8H2,1-3H3. The van der Waals surface area contributed by atoms with E-state index in [1.54, 1.807) is 0 Å². The molecule has 1 rings (SSSR count). The van der Waals surface area contributed by atoms with Crippen molar-refractivity contribution in [1.82, 2.24) is 5.32 Å². The maximum absolute atomic E-state index is 13.2. The highest BCUT2D eigenvalue weighted by atomic mass is 19.1. The van der Waals surface area contributed by atoms with Crippen LogP contribution in [0.3, 0.4) is 0 Å². The summed E-state index contributed by atoms with van der Waals surface area (Å²) in [6.45, 7) is 7.08. The molecule has 0 aliphatic heterocycles. The first kappa shape index (κ1) is 13.9. The molecule has 0 spiro atoms. The van der Waals surface area contributed by atoms with Crippen LogP contribution in [0.5, 0.6) is 5.75 Å². The highest BCUT2D eigenvalue weighted by Gasteiger charge is 2.10. The Bertz CT molecular complexity index is 335. The van der Waals surface area contributed by atoms with E-state index in [0.717, 1.165) is 0 Å². The molecule has 0 aromatic heterocycles. The van der Waals surface area contributed by atoms with Gasteiger partial charge in [0.2, 0.25) is 0 Å². The van der Waals surface area contributed by atoms with E-state index >= 15 is 0 Å². The van der Waals surface area contributed by atoms with Crippen molar-refractivity contribution >= 4 is 0 Å². The van der Waals surface area contributed by atoms with Gasteiger partial charge >= 0.3 is 0 Å². The lowest BCUT2D eigenvalue weighted by molar-refractivity contribution is 0.271. The summed E-state index contributed by atoms with van der Waals surface area (Å²) in [4.78, 5) is 0. The molecule has 0 bridgehead atoms. The third-order valence-electron chi connectivity index (χ3n) is 2.73. The normalized spacial score (nSPS) is 12.8. The highest BCUT2D eigenvalue weighted by Crippen LogP contribution is 2.20. The summed E-state index contributed by atoms with van der Waals surface area (Å²) in [6.07, 6.45) is 0. The van der Waals surface area contributed by atoms with E-state index in [1.165, 1.54) is 18.2 Å². The van der Waals surface area contributed by atoms with Crippen LogP contribution in [0, 0.1) is 17.6 Å². The molecule has 1 aromatic rings. The average Bonchev–Trinajstić information content (AvgIpc) is 2.27. The van der Waals surface area contributed by atoms with Gasteiger partial charge in [-0.15, -0.1) is 0 Å². The molecular formula is C13H19F2NO. The van der Waals surface area contributed by atoms with Crippen LogP contribution in [0.2, 0.25) is 0 Å². The van der Waals surface area contributed by atoms with Gasteiger partial charge in [0.1, 0.15) is 6.61 Å². The average molecular weight is 243 g/mol. The van der Waals surface area contributed by atoms with Crippen LogP contribution in [0.4, 0.5) is 8.78 Å². The summed E-state index contributed by atoms with van der Waals surface area (Å²) in [5.74, 6) is -1.12. The second kappa shape index (κ2) is 6.55. The number of hydrogen-bond donors (Lipinski definition) is 1. The largest absolute Gasteiger partial charge is 0.486 e. The van der Waals surface area contributed by atoms with Crippen LogP contribution in [-0.4, -0.2) is 19.2 Å². The molecule has 1 atom stereocenters. The smallest absolute Gasteiger partial charge is 0.190 e. The van der Waals surface area contributed by atoms with Crippen molar-refractivity contribution < 1.29 is 13.5 Å². The zero-order valence-electron chi connectivity index (χ0n) is 10.5. The molecule has 0 amide bonds. The van der Waals surface area contributed by atoms with Crippen LogP contribution < -0.4 is 10.1 Å². The summed E-state index contributed by atoms with van der Waals surface area (Å²) in [5, 5.41) is 3.22. The third kappa shape index (κ3) is 4.30. The fraction of sp³-hybridized carbons (Fsp3) is 0.538. The highest BCUT2D eigenvalue weighted by molar-refractivity contribution is 5.25. The van der Waals surface area contributed by atoms with Crippen LogP contribution in [0.25, 0.3) is 0 Å². The molecule has 0 saturated carbocycles. The molecule has 1 unspecified atom stereocenters. The van der Waals surface area contributed by atoms with Gasteiger partial charge in [0.25, 0.3) is 0 Å². The molecule has 0 saturated heterocycles. The number of rotatable bonds is 6. The fourth-order valence-electron chi connectivity index (χ4n) is 1.30. The van der Waals surface area contributed by atoms with Crippen molar-refractivity contribution in [3.8, 4) is 5.75 Å². The molecule has 2 nitrogen and oxygen atoms in total. The number of nitrogens with one attached hydrogen (secondary N) is 1. The predicted octanol–water partition coefficient (Wildman–Crippen LogP) is 2.98. The van der Waals surface area contributed by atoms with Gasteiger partial charge in [0, 0.05) is 12.6 Å². The predicted molar refractivity (Wildman–Crippen MR) is 64.2 cm³/mol. The molecular weight excluding hydrogens is 224 g/mol. The third-order valence-corrected chi connectivity index (χ3v) is 2.73. The zero-order valence-corrected chi connectivity index (χ0v) is 10.5. The SMILES string of the molecule is CC(C)C(C)NCCOc1c(F)cccc1F. The first-order valence-electron chi connectivity index (χ1n) is 5.82. The van der Waals surface area contributed by atoms with Gasteiger partial charge in [-0.3, -0.25) is 0 Å². The van der Waals surface area contributed by atoms with Crippen molar-refractivity contribution in [1.29, 1.82) is 0 Å². The maximum atomic E-state index is 13.2. The number of para-hydroxylation sites is 1. The van der Waals surface area contributed by atoms with E-state index in [2.05, 4.69) is 26.1 Å². The minimum atomic E-state index is -0.665. The van der Waals surface area contributed by atoms with Gasteiger partial charge in [-0.25, -0.2) is 8.78 Å². The summed E-state index contributed by atoms with van der Waals surface area (Å²) < 4.78 is 31.4. The lowest BCUT2D eigenvalue weighted by Gasteiger charge is -2.17. The molecule has 0 fully saturated rings. The Morgan fingerprint density at radius 1 is 1.18 bits per heavy atom. The number of hydrogen-bond acceptors (Lipinski definition) is 2. The van der Waals surface area contributed by atoms with Gasteiger partial charge in [-0.1, -0.05) is 19.9 Å². The minimum Gasteiger partial charge on any atom is -0.486 e. The Morgan fingerprint density at radius 3 is 2.29 bits per heavy atom. The lowest BCUT2D eigenvalue weighted by Crippen LogP contribution is -2.34. The maximum Gasteiger partial charge on any atom is 0.190 e. The summed E-state index contributed by atoms with van der Waals surface area (Å²) >= 11 is 0. The molecule has 0 radical (unpaired) electrons. The van der Waals surface area contributed by atoms with Crippen LogP contribution >= 0.6 is 0 Å². The van der Waals surface area contributed by atoms with Crippen molar-refractivity contribution in [2.24, 2.45) is 5.92 Å². The molecule has 96 valence electrons. The Labute approximate surface area is 101 Å². The first-order chi connectivity index (χ1) is 8.02. The first-order valence-corrected chi connectivity index (χ1v) is 5.82. The fourth-order valence-corrected chi connectivity index (χ4v) is 1.30.